The van der Waals surface area contributed by atoms with Crippen LogP contribution in [0.3, 0.4) is 0 Å². The van der Waals surface area contributed by atoms with Gasteiger partial charge < -0.3 is 10.1 Å². The van der Waals surface area contributed by atoms with Crippen LogP contribution in [0.5, 0.6) is 11.6 Å². The van der Waals surface area contributed by atoms with Gasteiger partial charge in [0.1, 0.15) is 5.75 Å². The molecule has 1 aromatic heterocycles. The zero-order chi connectivity index (χ0) is 15.2. The van der Waals surface area contributed by atoms with Gasteiger partial charge in [0.25, 0.3) is 0 Å². The number of rotatable bonds is 6. The summed E-state index contributed by atoms with van der Waals surface area (Å²) >= 11 is 1.67. The number of aryl methyl sites for hydroxylation is 1. The molecule has 0 spiro atoms. The van der Waals surface area contributed by atoms with Crippen molar-refractivity contribution < 1.29 is 4.74 Å². The van der Waals surface area contributed by atoms with Gasteiger partial charge in [0.2, 0.25) is 5.88 Å². The molecule has 0 fully saturated rings. The number of para-hydroxylation sites is 1. The van der Waals surface area contributed by atoms with Crippen LogP contribution < -0.4 is 10.1 Å². The number of aromatic nitrogens is 1. The quantitative estimate of drug-likeness (QED) is 0.802. The van der Waals surface area contributed by atoms with Crippen molar-refractivity contribution in [3.05, 3.63) is 47.7 Å². The van der Waals surface area contributed by atoms with Gasteiger partial charge in [-0.25, -0.2) is 4.98 Å². The molecule has 1 aromatic carbocycles. The molecule has 0 saturated carbocycles. The first-order chi connectivity index (χ1) is 10.1. The maximum atomic E-state index is 5.96. The number of thioether (sulfide) groups is 1. The van der Waals surface area contributed by atoms with Gasteiger partial charge in [-0.05, 0) is 36.9 Å². The van der Waals surface area contributed by atoms with Crippen molar-refractivity contribution in [3.8, 4) is 11.6 Å². The molecule has 0 aliphatic rings. The number of benzene rings is 1. The maximum absolute atomic E-state index is 5.96. The maximum Gasteiger partial charge on any atom is 0.222 e. The van der Waals surface area contributed by atoms with Crippen LogP contribution in [-0.2, 0) is 6.54 Å². The summed E-state index contributed by atoms with van der Waals surface area (Å²) in [4.78, 5) is 5.57. The molecule has 4 heteroatoms. The Morgan fingerprint density at radius 3 is 2.71 bits per heavy atom. The van der Waals surface area contributed by atoms with E-state index < -0.39 is 0 Å². The van der Waals surface area contributed by atoms with Gasteiger partial charge in [0, 0.05) is 29.2 Å². The molecule has 0 bridgehead atoms. The Hall–Kier alpha value is -1.52. The highest BCUT2D eigenvalue weighted by atomic mass is 32.2. The lowest BCUT2D eigenvalue weighted by atomic mass is 10.2. The van der Waals surface area contributed by atoms with E-state index in [-0.39, 0.29) is 0 Å². The van der Waals surface area contributed by atoms with Crippen LogP contribution in [0.1, 0.15) is 25.0 Å². The average molecular weight is 302 g/mol. The Labute approximate surface area is 131 Å². The fraction of sp³-hybridized carbons (Fsp3) is 0.353. The lowest BCUT2D eigenvalue weighted by molar-refractivity contribution is 0.447. The second-order valence-corrected chi connectivity index (χ2v) is 6.10. The number of nitrogens with one attached hydrogen (secondary N) is 1. The standard InChI is InChI=1S/C17H22N2OS/c1-12(2)18-10-14-9-13(3)17(19-11-14)20-15-7-5-6-8-16(15)21-4/h5-9,11-12,18H,10H2,1-4H3. The first-order valence-electron chi connectivity index (χ1n) is 7.10. The van der Waals surface area contributed by atoms with Crippen molar-refractivity contribution in [1.29, 1.82) is 0 Å². The minimum Gasteiger partial charge on any atom is -0.438 e. The Morgan fingerprint density at radius 2 is 2.05 bits per heavy atom. The highest BCUT2D eigenvalue weighted by molar-refractivity contribution is 7.98. The van der Waals surface area contributed by atoms with Crippen molar-refractivity contribution in [3.63, 3.8) is 0 Å². The van der Waals surface area contributed by atoms with E-state index in [1.165, 1.54) is 5.56 Å². The van der Waals surface area contributed by atoms with Crippen LogP contribution in [0, 0.1) is 6.92 Å². The van der Waals surface area contributed by atoms with Crippen LogP contribution in [-0.4, -0.2) is 17.3 Å². The normalized spacial score (nSPS) is 10.9. The van der Waals surface area contributed by atoms with E-state index in [1.807, 2.05) is 37.6 Å². The van der Waals surface area contributed by atoms with Gasteiger partial charge in [-0.2, -0.15) is 0 Å². The minimum atomic E-state index is 0.467. The molecule has 0 atom stereocenters. The van der Waals surface area contributed by atoms with E-state index in [1.54, 1.807) is 11.8 Å². The second-order valence-electron chi connectivity index (χ2n) is 5.25. The van der Waals surface area contributed by atoms with Gasteiger partial charge in [-0.15, -0.1) is 11.8 Å². The average Bonchev–Trinajstić information content (AvgIpc) is 2.48. The zero-order valence-corrected chi connectivity index (χ0v) is 13.8. The number of pyridine rings is 1. The molecule has 21 heavy (non-hydrogen) atoms. The molecule has 1 N–H and O–H groups in total. The summed E-state index contributed by atoms with van der Waals surface area (Å²) in [6, 6.07) is 10.6. The van der Waals surface area contributed by atoms with Crippen LogP contribution in [0.2, 0.25) is 0 Å². The third kappa shape index (κ3) is 4.48. The van der Waals surface area contributed by atoms with Crippen molar-refractivity contribution in [2.24, 2.45) is 0 Å². The number of hydrogen-bond donors (Lipinski definition) is 1. The highest BCUT2D eigenvalue weighted by Crippen LogP contribution is 2.31. The van der Waals surface area contributed by atoms with Crippen LogP contribution in [0.25, 0.3) is 0 Å². The molecular formula is C17H22N2OS. The van der Waals surface area contributed by atoms with E-state index >= 15 is 0 Å². The molecule has 3 nitrogen and oxygen atoms in total. The fourth-order valence-corrected chi connectivity index (χ4v) is 2.48. The third-order valence-electron chi connectivity index (χ3n) is 3.08. The predicted octanol–water partition coefficient (Wildman–Crippen LogP) is 4.40. The van der Waals surface area contributed by atoms with Crippen molar-refractivity contribution in [2.75, 3.05) is 6.26 Å². The Morgan fingerprint density at radius 1 is 1.29 bits per heavy atom. The predicted molar refractivity (Wildman–Crippen MR) is 89.2 cm³/mol. The first kappa shape index (κ1) is 15.9. The molecule has 0 radical (unpaired) electrons. The van der Waals surface area contributed by atoms with E-state index in [0.29, 0.717) is 11.9 Å². The van der Waals surface area contributed by atoms with Crippen molar-refractivity contribution in [1.82, 2.24) is 10.3 Å². The Bertz CT molecular complexity index is 599. The summed E-state index contributed by atoms with van der Waals surface area (Å²) in [6.45, 7) is 7.13. The molecule has 0 aliphatic heterocycles. The largest absolute Gasteiger partial charge is 0.438 e. The zero-order valence-electron chi connectivity index (χ0n) is 13.0. The SMILES string of the molecule is CSc1ccccc1Oc1ncc(CNC(C)C)cc1C. The summed E-state index contributed by atoms with van der Waals surface area (Å²) in [5.41, 5.74) is 2.22. The third-order valence-corrected chi connectivity index (χ3v) is 3.85. The molecule has 2 rings (SSSR count). The fourth-order valence-electron chi connectivity index (χ4n) is 1.95. The molecule has 0 aliphatic carbocycles. The molecule has 0 saturated heterocycles. The van der Waals surface area contributed by atoms with E-state index in [4.69, 9.17) is 4.74 Å². The summed E-state index contributed by atoms with van der Waals surface area (Å²) in [5.74, 6) is 1.53. The van der Waals surface area contributed by atoms with Crippen LogP contribution >= 0.6 is 11.8 Å². The first-order valence-corrected chi connectivity index (χ1v) is 8.32. The van der Waals surface area contributed by atoms with Crippen LogP contribution in [0.4, 0.5) is 0 Å². The molecule has 0 unspecified atom stereocenters. The highest BCUT2D eigenvalue weighted by Gasteiger charge is 2.08. The van der Waals surface area contributed by atoms with Gasteiger partial charge in [-0.3, -0.25) is 0 Å². The molecular weight excluding hydrogens is 280 g/mol. The Balaban J connectivity index is 2.14. The molecule has 0 amide bonds. The van der Waals surface area contributed by atoms with Gasteiger partial charge in [0.15, 0.2) is 0 Å². The van der Waals surface area contributed by atoms with E-state index in [9.17, 15) is 0 Å². The lowest BCUT2D eigenvalue weighted by Crippen LogP contribution is -2.21. The smallest absolute Gasteiger partial charge is 0.222 e. The Kier molecular flexibility index (Phi) is 5.65. The summed E-state index contributed by atoms with van der Waals surface area (Å²) in [7, 11) is 0. The summed E-state index contributed by atoms with van der Waals surface area (Å²) < 4.78 is 5.96. The van der Waals surface area contributed by atoms with Gasteiger partial charge in [-0.1, -0.05) is 26.0 Å². The lowest BCUT2D eigenvalue weighted by Gasteiger charge is -2.12. The van der Waals surface area contributed by atoms with E-state index in [0.717, 1.165) is 22.8 Å². The summed E-state index contributed by atoms with van der Waals surface area (Å²) in [6.07, 6.45) is 3.92. The van der Waals surface area contributed by atoms with Gasteiger partial charge in [0.05, 0.1) is 0 Å². The number of ether oxygens (including phenoxy) is 1. The number of nitrogens with zero attached hydrogens (tertiary/aromatic N) is 1. The molecule has 1 heterocycles. The second kappa shape index (κ2) is 7.48. The van der Waals surface area contributed by atoms with Crippen molar-refractivity contribution in [2.45, 2.75) is 38.3 Å². The monoisotopic (exact) mass is 302 g/mol. The van der Waals surface area contributed by atoms with E-state index in [2.05, 4.69) is 36.3 Å². The molecule has 112 valence electrons. The number of hydrogen-bond acceptors (Lipinski definition) is 4. The summed E-state index contributed by atoms with van der Waals surface area (Å²) in [5, 5.41) is 3.39. The molecule has 2 aromatic rings. The minimum absolute atomic E-state index is 0.467. The van der Waals surface area contributed by atoms with Crippen LogP contribution in [0.15, 0.2) is 41.4 Å². The van der Waals surface area contributed by atoms with Gasteiger partial charge >= 0.3 is 0 Å². The topological polar surface area (TPSA) is 34.1 Å². The van der Waals surface area contributed by atoms with Crippen molar-refractivity contribution >= 4 is 11.8 Å².